The first kappa shape index (κ1) is 18.7. The summed E-state index contributed by atoms with van der Waals surface area (Å²) in [7, 11) is -3.58. The number of fused-ring (bicyclic) bond motifs is 1. The number of rotatable bonds is 5. The highest BCUT2D eigenvalue weighted by molar-refractivity contribution is 7.91. The lowest BCUT2D eigenvalue weighted by atomic mass is 10.1. The molecule has 1 aliphatic carbocycles. The molecule has 0 radical (unpaired) electrons. The summed E-state index contributed by atoms with van der Waals surface area (Å²) in [6.45, 7) is 2.07. The summed E-state index contributed by atoms with van der Waals surface area (Å²) < 4.78 is 29.9. The van der Waals surface area contributed by atoms with Crippen molar-refractivity contribution in [2.45, 2.75) is 23.1 Å². The van der Waals surface area contributed by atoms with Crippen molar-refractivity contribution in [1.29, 1.82) is 0 Å². The van der Waals surface area contributed by atoms with Gasteiger partial charge < -0.3 is 4.98 Å². The number of H-pyrrole nitrogens is 1. The molecule has 3 atom stereocenters. The summed E-state index contributed by atoms with van der Waals surface area (Å²) in [5.41, 5.74) is 2.86. The zero-order valence-electron chi connectivity index (χ0n) is 15.5. The van der Waals surface area contributed by atoms with Crippen molar-refractivity contribution in [3.63, 3.8) is 0 Å². The standard InChI is InChI=1S/C21H18N2O3S3/c1-12-19(13-5-3-2-4-6-13)20(12)23-29(25,26)18-10-9-16(27-18)14-7-8-15-17(11-14)28-21(24)22-15/h2-12,19-20,23H,1H3,(H,22,24)/t12-,19-,20+/m1/s1. The van der Waals surface area contributed by atoms with Crippen molar-refractivity contribution in [3.8, 4) is 10.4 Å². The van der Waals surface area contributed by atoms with E-state index < -0.39 is 10.0 Å². The highest BCUT2D eigenvalue weighted by atomic mass is 32.2. The van der Waals surface area contributed by atoms with Gasteiger partial charge in [-0.25, -0.2) is 13.1 Å². The Bertz CT molecular complexity index is 1350. The monoisotopic (exact) mass is 442 g/mol. The molecule has 1 fully saturated rings. The molecule has 2 aromatic carbocycles. The van der Waals surface area contributed by atoms with Gasteiger partial charge in [-0.3, -0.25) is 4.79 Å². The van der Waals surface area contributed by atoms with Gasteiger partial charge in [-0.05, 0) is 41.3 Å². The molecule has 0 bridgehead atoms. The molecular formula is C21H18N2O3S3. The SMILES string of the molecule is C[C@H]1[C@H](NS(=O)(=O)c2ccc(-c3ccc4[nH]c(=O)sc4c3)s2)[C@H]1c1ccccc1. The first-order valence-electron chi connectivity index (χ1n) is 9.23. The molecule has 2 aromatic heterocycles. The Labute approximate surface area is 176 Å². The number of benzene rings is 2. The van der Waals surface area contributed by atoms with E-state index in [1.165, 1.54) is 16.9 Å². The van der Waals surface area contributed by atoms with Crippen LogP contribution in [0.15, 0.2) is 69.7 Å². The van der Waals surface area contributed by atoms with E-state index >= 15 is 0 Å². The molecule has 5 rings (SSSR count). The van der Waals surface area contributed by atoms with Crippen molar-refractivity contribution in [1.82, 2.24) is 9.71 Å². The van der Waals surface area contributed by atoms with Crippen LogP contribution in [0.25, 0.3) is 20.7 Å². The fourth-order valence-corrected chi connectivity index (χ4v) is 7.23. The molecule has 2 heterocycles. The Morgan fingerprint density at radius 1 is 1.00 bits per heavy atom. The van der Waals surface area contributed by atoms with Crippen molar-refractivity contribution in [3.05, 3.63) is 75.9 Å². The van der Waals surface area contributed by atoms with Crippen LogP contribution in [0, 0.1) is 5.92 Å². The number of hydrogen-bond acceptors (Lipinski definition) is 5. The van der Waals surface area contributed by atoms with Gasteiger partial charge in [0.2, 0.25) is 10.0 Å². The first-order valence-corrected chi connectivity index (χ1v) is 12.3. The number of thiazole rings is 1. The topological polar surface area (TPSA) is 79.0 Å². The minimum Gasteiger partial charge on any atom is -0.312 e. The number of sulfonamides is 1. The van der Waals surface area contributed by atoms with Crippen molar-refractivity contribution >= 4 is 42.9 Å². The van der Waals surface area contributed by atoms with Crippen LogP contribution in [0.4, 0.5) is 0 Å². The van der Waals surface area contributed by atoms with Gasteiger partial charge in [-0.15, -0.1) is 11.3 Å². The van der Waals surface area contributed by atoms with Gasteiger partial charge in [0.25, 0.3) is 0 Å². The number of aromatic nitrogens is 1. The van der Waals surface area contributed by atoms with E-state index in [-0.39, 0.29) is 22.8 Å². The van der Waals surface area contributed by atoms with Crippen LogP contribution in [-0.4, -0.2) is 19.4 Å². The average molecular weight is 443 g/mol. The Morgan fingerprint density at radius 3 is 2.59 bits per heavy atom. The minimum absolute atomic E-state index is 0.0820. The molecule has 0 unspecified atom stereocenters. The molecular weight excluding hydrogens is 424 g/mol. The normalized spacial score (nSPS) is 21.5. The third-order valence-corrected chi connectivity index (χ3v) is 9.34. The van der Waals surface area contributed by atoms with Gasteiger partial charge in [-0.1, -0.05) is 54.7 Å². The van der Waals surface area contributed by atoms with Crippen molar-refractivity contribution in [2.75, 3.05) is 0 Å². The second kappa shape index (κ2) is 6.91. The van der Waals surface area contributed by atoms with Crippen molar-refractivity contribution in [2.24, 2.45) is 5.92 Å². The van der Waals surface area contributed by atoms with E-state index in [2.05, 4.69) is 16.6 Å². The summed E-state index contributed by atoms with van der Waals surface area (Å²) in [6, 6.07) is 19.1. The molecule has 0 aliphatic heterocycles. The van der Waals surface area contributed by atoms with Gasteiger partial charge in [-0.2, -0.15) is 0 Å². The molecule has 0 saturated heterocycles. The van der Waals surface area contributed by atoms with E-state index in [1.807, 2.05) is 54.6 Å². The molecule has 1 saturated carbocycles. The smallest absolute Gasteiger partial charge is 0.305 e. The molecule has 29 heavy (non-hydrogen) atoms. The van der Waals surface area contributed by atoms with Gasteiger partial charge in [0.15, 0.2) is 0 Å². The highest BCUT2D eigenvalue weighted by Gasteiger charge is 2.49. The Morgan fingerprint density at radius 2 is 1.79 bits per heavy atom. The zero-order chi connectivity index (χ0) is 20.2. The van der Waals surface area contributed by atoms with Crippen LogP contribution in [0.3, 0.4) is 0 Å². The van der Waals surface area contributed by atoms with Gasteiger partial charge >= 0.3 is 4.87 Å². The predicted molar refractivity (Wildman–Crippen MR) is 118 cm³/mol. The maximum atomic E-state index is 12.9. The van der Waals surface area contributed by atoms with Crippen LogP contribution in [0.2, 0.25) is 0 Å². The van der Waals surface area contributed by atoms with E-state index in [0.717, 1.165) is 32.0 Å². The fraction of sp³-hybridized carbons (Fsp3) is 0.190. The predicted octanol–water partition coefficient (Wildman–Crippen LogP) is 4.40. The van der Waals surface area contributed by atoms with Crippen LogP contribution in [-0.2, 0) is 10.0 Å². The number of hydrogen-bond donors (Lipinski definition) is 2. The van der Waals surface area contributed by atoms with Gasteiger partial charge in [0.05, 0.1) is 10.2 Å². The number of thiophene rings is 1. The first-order chi connectivity index (χ1) is 13.9. The quantitative estimate of drug-likeness (QED) is 0.481. The summed E-state index contributed by atoms with van der Waals surface area (Å²) in [5, 5.41) is 0. The molecule has 1 aliphatic rings. The Kier molecular flexibility index (Phi) is 4.47. The van der Waals surface area contributed by atoms with Crippen LogP contribution in [0.1, 0.15) is 18.4 Å². The van der Waals surface area contributed by atoms with E-state index in [0.29, 0.717) is 4.21 Å². The lowest BCUT2D eigenvalue weighted by Gasteiger charge is -2.04. The third kappa shape index (κ3) is 3.46. The second-order valence-electron chi connectivity index (χ2n) is 7.29. The van der Waals surface area contributed by atoms with Crippen LogP contribution < -0.4 is 9.60 Å². The Hall–Kier alpha value is -2.26. The average Bonchev–Trinajstić information content (AvgIpc) is 3.08. The molecule has 148 valence electrons. The number of aromatic amines is 1. The molecule has 0 amide bonds. The molecule has 0 spiro atoms. The number of nitrogens with one attached hydrogen (secondary N) is 2. The van der Waals surface area contributed by atoms with Crippen molar-refractivity contribution < 1.29 is 8.42 Å². The molecule has 4 aromatic rings. The molecule has 2 N–H and O–H groups in total. The van der Waals surface area contributed by atoms with Crippen LogP contribution >= 0.6 is 22.7 Å². The maximum Gasteiger partial charge on any atom is 0.305 e. The lowest BCUT2D eigenvalue weighted by molar-refractivity contribution is 0.580. The highest BCUT2D eigenvalue weighted by Crippen LogP contribution is 2.48. The maximum absolute atomic E-state index is 12.9. The second-order valence-corrected chi connectivity index (χ2v) is 11.3. The minimum atomic E-state index is -3.58. The lowest BCUT2D eigenvalue weighted by Crippen LogP contribution is -2.27. The zero-order valence-corrected chi connectivity index (χ0v) is 17.9. The summed E-state index contributed by atoms with van der Waals surface area (Å²) in [5.74, 6) is 0.481. The van der Waals surface area contributed by atoms with Gasteiger partial charge in [0, 0.05) is 16.8 Å². The summed E-state index contributed by atoms with van der Waals surface area (Å²) >= 11 is 2.39. The fourth-order valence-electron chi connectivity index (χ4n) is 3.79. The summed E-state index contributed by atoms with van der Waals surface area (Å²) in [4.78, 5) is 15.1. The third-order valence-electron chi connectivity index (χ3n) is 5.41. The molecule has 5 nitrogen and oxygen atoms in total. The largest absolute Gasteiger partial charge is 0.312 e. The summed E-state index contributed by atoms with van der Waals surface area (Å²) in [6.07, 6.45) is 0. The Balaban J connectivity index is 1.38. The van der Waals surface area contributed by atoms with E-state index in [1.54, 1.807) is 6.07 Å². The van der Waals surface area contributed by atoms with Gasteiger partial charge in [0.1, 0.15) is 4.21 Å². The molecule has 8 heteroatoms. The van der Waals surface area contributed by atoms with Crippen LogP contribution in [0.5, 0.6) is 0 Å². The van der Waals surface area contributed by atoms with E-state index in [9.17, 15) is 13.2 Å². The van der Waals surface area contributed by atoms with E-state index in [4.69, 9.17) is 0 Å².